The van der Waals surface area contributed by atoms with Crippen molar-refractivity contribution in [2.45, 2.75) is 32.7 Å². The highest BCUT2D eigenvalue weighted by molar-refractivity contribution is 5.76. The van der Waals surface area contributed by atoms with Crippen molar-refractivity contribution in [3.8, 4) is 0 Å². The van der Waals surface area contributed by atoms with Gasteiger partial charge in [-0.1, -0.05) is 0 Å². The largest absolute Gasteiger partial charge is 0.481 e. The molecule has 82 valence electrons. The average Bonchev–Trinajstić information content (AvgIpc) is 1.94. The maximum Gasteiger partial charge on any atom is 0.304 e. The molecule has 5 nitrogen and oxygen atoms in total. The van der Waals surface area contributed by atoms with Gasteiger partial charge in [0.15, 0.2) is 0 Å². The third kappa shape index (κ3) is 5.53. The number of nitrogens with two attached hydrogens (primary N) is 1. The van der Waals surface area contributed by atoms with Crippen molar-refractivity contribution in [2.24, 2.45) is 5.73 Å². The van der Waals surface area contributed by atoms with Gasteiger partial charge in [-0.05, 0) is 20.8 Å². The van der Waals surface area contributed by atoms with E-state index in [2.05, 4.69) is 0 Å². The number of hydrogen-bond acceptors (Lipinski definition) is 3. The third-order valence-electron chi connectivity index (χ3n) is 1.89. The lowest BCUT2D eigenvalue weighted by molar-refractivity contribution is -0.138. The minimum atomic E-state index is -0.872. The molecular formula is C9H18N2O3. The number of carboxylic acids is 1. The summed E-state index contributed by atoms with van der Waals surface area (Å²) in [4.78, 5) is 22.9. The van der Waals surface area contributed by atoms with Gasteiger partial charge in [0.25, 0.3) is 0 Å². The van der Waals surface area contributed by atoms with Crippen LogP contribution in [0.5, 0.6) is 0 Å². The minimum Gasteiger partial charge on any atom is -0.481 e. The molecule has 0 aliphatic rings. The monoisotopic (exact) mass is 202 g/mol. The second kappa shape index (κ2) is 4.95. The number of amides is 1. The van der Waals surface area contributed by atoms with Gasteiger partial charge in [-0.15, -0.1) is 0 Å². The van der Waals surface area contributed by atoms with E-state index in [0.717, 1.165) is 0 Å². The molecule has 0 bridgehead atoms. The summed E-state index contributed by atoms with van der Waals surface area (Å²) < 4.78 is 0. The van der Waals surface area contributed by atoms with Crippen LogP contribution in [0.3, 0.4) is 0 Å². The van der Waals surface area contributed by atoms with Gasteiger partial charge in [-0.3, -0.25) is 14.5 Å². The summed E-state index contributed by atoms with van der Waals surface area (Å²) in [6.45, 7) is 6.17. The van der Waals surface area contributed by atoms with E-state index >= 15 is 0 Å². The second-order valence-corrected chi connectivity index (χ2v) is 4.20. The Bertz CT molecular complexity index is 221. The van der Waals surface area contributed by atoms with E-state index in [9.17, 15) is 9.59 Å². The van der Waals surface area contributed by atoms with Crippen LogP contribution in [-0.4, -0.2) is 40.5 Å². The van der Waals surface area contributed by atoms with Gasteiger partial charge in [-0.25, -0.2) is 0 Å². The summed E-state index contributed by atoms with van der Waals surface area (Å²) in [6.07, 6.45) is 0.0184. The summed E-state index contributed by atoms with van der Waals surface area (Å²) in [7, 11) is 0. The smallest absolute Gasteiger partial charge is 0.304 e. The first-order chi connectivity index (χ1) is 6.23. The minimum absolute atomic E-state index is 0.0184. The van der Waals surface area contributed by atoms with Crippen molar-refractivity contribution in [1.29, 1.82) is 0 Å². The Balaban J connectivity index is 4.26. The van der Waals surface area contributed by atoms with Crippen LogP contribution in [0, 0.1) is 0 Å². The second-order valence-electron chi connectivity index (χ2n) is 4.20. The van der Waals surface area contributed by atoms with Crippen molar-refractivity contribution >= 4 is 11.9 Å². The van der Waals surface area contributed by atoms with Crippen LogP contribution < -0.4 is 5.73 Å². The highest BCUT2D eigenvalue weighted by Gasteiger charge is 2.22. The molecule has 0 aromatic heterocycles. The van der Waals surface area contributed by atoms with Gasteiger partial charge in [0.05, 0.1) is 13.0 Å². The van der Waals surface area contributed by atoms with Crippen molar-refractivity contribution in [3.05, 3.63) is 0 Å². The van der Waals surface area contributed by atoms with Gasteiger partial charge >= 0.3 is 5.97 Å². The maximum absolute atomic E-state index is 10.7. The fraction of sp³-hybridized carbons (Fsp3) is 0.778. The molecule has 5 heteroatoms. The fourth-order valence-corrected chi connectivity index (χ4v) is 1.07. The molecule has 0 radical (unpaired) electrons. The summed E-state index contributed by atoms with van der Waals surface area (Å²) in [5.74, 6) is -1.31. The Hall–Kier alpha value is -1.10. The molecule has 0 saturated carbocycles. The van der Waals surface area contributed by atoms with Crippen molar-refractivity contribution in [3.63, 3.8) is 0 Å². The molecule has 0 heterocycles. The number of rotatable bonds is 5. The van der Waals surface area contributed by atoms with E-state index < -0.39 is 11.9 Å². The Morgan fingerprint density at radius 3 is 2.14 bits per heavy atom. The van der Waals surface area contributed by atoms with Crippen LogP contribution in [0.4, 0.5) is 0 Å². The molecule has 0 aromatic rings. The van der Waals surface area contributed by atoms with Crippen molar-refractivity contribution in [2.75, 3.05) is 13.1 Å². The number of hydrogen-bond donors (Lipinski definition) is 2. The summed E-state index contributed by atoms with van der Waals surface area (Å²) in [5, 5.41) is 8.52. The van der Waals surface area contributed by atoms with Gasteiger partial charge in [0, 0.05) is 12.1 Å². The number of nitrogens with zero attached hydrogens (tertiary/aromatic N) is 1. The summed E-state index contributed by atoms with van der Waals surface area (Å²) >= 11 is 0. The Morgan fingerprint density at radius 2 is 1.86 bits per heavy atom. The number of aliphatic carboxylic acids is 1. The van der Waals surface area contributed by atoms with E-state index in [1.54, 1.807) is 4.90 Å². The predicted molar refractivity (Wildman–Crippen MR) is 52.8 cm³/mol. The fourth-order valence-electron chi connectivity index (χ4n) is 1.07. The zero-order valence-electron chi connectivity index (χ0n) is 8.91. The molecule has 0 fully saturated rings. The number of primary amides is 1. The van der Waals surface area contributed by atoms with Gasteiger partial charge in [-0.2, -0.15) is 0 Å². The molecule has 0 atom stereocenters. The van der Waals surface area contributed by atoms with Crippen LogP contribution in [0.2, 0.25) is 0 Å². The van der Waals surface area contributed by atoms with E-state index in [1.165, 1.54) is 0 Å². The normalized spacial score (nSPS) is 11.7. The summed E-state index contributed by atoms with van der Waals surface area (Å²) in [5.41, 5.74) is 4.82. The molecule has 1 amide bonds. The molecule has 0 rings (SSSR count). The molecule has 0 unspecified atom stereocenters. The van der Waals surface area contributed by atoms with E-state index in [4.69, 9.17) is 10.8 Å². The Labute approximate surface area is 83.9 Å². The number of carbonyl (C=O) groups excluding carboxylic acids is 1. The van der Waals surface area contributed by atoms with Crippen LogP contribution in [0.25, 0.3) is 0 Å². The van der Waals surface area contributed by atoms with Crippen LogP contribution in [0.15, 0.2) is 0 Å². The lowest BCUT2D eigenvalue weighted by Gasteiger charge is -2.34. The zero-order chi connectivity index (χ0) is 11.4. The van der Waals surface area contributed by atoms with Crippen LogP contribution >= 0.6 is 0 Å². The average molecular weight is 202 g/mol. The van der Waals surface area contributed by atoms with E-state index in [1.807, 2.05) is 20.8 Å². The van der Waals surface area contributed by atoms with Crippen molar-refractivity contribution < 1.29 is 14.7 Å². The third-order valence-corrected chi connectivity index (χ3v) is 1.89. The lowest BCUT2D eigenvalue weighted by atomic mass is 10.1. The van der Waals surface area contributed by atoms with E-state index in [-0.39, 0.29) is 18.5 Å². The quantitative estimate of drug-likeness (QED) is 0.659. The first kappa shape index (κ1) is 12.9. The maximum atomic E-state index is 10.7. The molecule has 0 aliphatic carbocycles. The number of carbonyl (C=O) groups is 2. The first-order valence-electron chi connectivity index (χ1n) is 4.48. The lowest BCUT2D eigenvalue weighted by Crippen LogP contribution is -2.46. The topological polar surface area (TPSA) is 83.6 Å². The molecular weight excluding hydrogens is 184 g/mol. The first-order valence-corrected chi connectivity index (χ1v) is 4.48. The van der Waals surface area contributed by atoms with Gasteiger partial charge in [0.2, 0.25) is 5.91 Å². The zero-order valence-corrected chi connectivity index (χ0v) is 8.91. The summed E-state index contributed by atoms with van der Waals surface area (Å²) in [6, 6.07) is 0. The molecule has 0 saturated heterocycles. The molecule has 0 aliphatic heterocycles. The standard InChI is InChI=1S/C9H18N2O3/c1-9(2,3)11(6-7(10)12)5-4-8(13)14/h4-6H2,1-3H3,(H2,10,12)(H,13,14). The number of carboxylic acid groups (broad SMARTS) is 1. The predicted octanol–water partition coefficient (Wildman–Crippen LogP) is 0.0469. The molecule has 3 N–H and O–H groups in total. The highest BCUT2D eigenvalue weighted by Crippen LogP contribution is 2.12. The van der Waals surface area contributed by atoms with Gasteiger partial charge in [0.1, 0.15) is 0 Å². The molecule has 0 spiro atoms. The molecule has 14 heavy (non-hydrogen) atoms. The Morgan fingerprint density at radius 1 is 1.36 bits per heavy atom. The Kier molecular flexibility index (Phi) is 4.56. The van der Waals surface area contributed by atoms with E-state index in [0.29, 0.717) is 6.54 Å². The molecule has 0 aromatic carbocycles. The van der Waals surface area contributed by atoms with Crippen LogP contribution in [0.1, 0.15) is 27.2 Å². The highest BCUT2D eigenvalue weighted by atomic mass is 16.4. The van der Waals surface area contributed by atoms with Crippen LogP contribution in [-0.2, 0) is 9.59 Å². The SMILES string of the molecule is CC(C)(C)N(CCC(=O)O)CC(N)=O. The van der Waals surface area contributed by atoms with Crippen molar-refractivity contribution in [1.82, 2.24) is 4.90 Å². The van der Waals surface area contributed by atoms with Gasteiger partial charge < -0.3 is 10.8 Å².